The molecule has 0 saturated carbocycles. The summed E-state index contributed by atoms with van der Waals surface area (Å²) in [6, 6.07) is 16.5. The lowest BCUT2D eigenvalue weighted by atomic mass is 10.1. The van der Waals surface area contributed by atoms with Gasteiger partial charge >= 0.3 is 0 Å². The highest BCUT2D eigenvalue weighted by Gasteiger charge is 2.33. The predicted molar refractivity (Wildman–Crippen MR) is 166 cm³/mol. The van der Waals surface area contributed by atoms with Gasteiger partial charge in [0.25, 0.3) is 23.2 Å². The van der Waals surface area contributed by atoms with E-state index >= 15 is 0 Å². The van der Waals surface area contributed by atoms with Crippen LogP contribution in [0.25, 0.3) is 6.08 Å². The molecule has 0 aliphatic carbocycles. The van der Waals surface area contributed by atoms with E-state index in [0.29, 0.717) is 21.9 Å². The molecule has 3 aromatic rings. The zero-order chi connectivity index (χ0) is 30.4. The van der Waals surface area contributed by atoms with E-state index < -0.39 is 28.3 Å². The smallest absolute Gasteiger partial charge is 0.271 e. The summed E-state index contributed by atoms with van der Waals surface area (Å²) in [5.41, 5.74) is 1.77. The van der Waals surface area contributed by atoms with E-state index in [1.807, 2.05) is 19.9 Å². The van der Waals surface area contributed by atoms with Gasteiger partial charge in [-0.05, 0) is 50.3 Å². The average molecular weight is 608 g/mol. The lowest BCUT2D eigenvalue weighted by Crippen LogP contribution is -2.27. The Morgan fingerprint density at radius 3 is 2.36 bits per heavy atom. The molecule has 0 spiro atoms. The maximum Gasteiger partial charge on any atom is 0.271 e. The summed E-state index contributed by atoms with van der Waals surface area (Å²) in [6.07, 6.45) is 1.62. The normalized spacial score (nSPS) is 13.8. The second kappa shape index (κ2) is 13.2. The first-order chi connectivity index (χ1) is 20.1. The monoisotopic (exact) mass is 607 g/mol. The van der Waals surface area contributed by atoms with Gasteiger partial charge in [-0.1, -0.05) is 30.0 Å². The predicted octanol–water partition coefficient (Wildman–Crippen LogP) is 5.77. The van der Waals surface area contributed by atoms with E-state index in [-0.39, 0.29) is 21.4 Å². The van der Waals surface area contributed by atoms with Gasteiger partial charge in [0, 0.05) is 60.4 Å². The fourth-order valence-electron chi connectivity index (χ4n) is 4.15. The molecule has 1 aliphatic heterocycles. The van der Waals surface area contributed by atoms with Crippen molar-refractivity contribution in [2.45, 2.75) is 13.8 Å². The topological polar surface area (TPSA) is 148 Å². The van der Waals surface area contributed by atoms with Crippen molar-refractivity contribution >= 4 is 74.6 Å². The van der Waals surface area contributed by atoms with Crippen LogP contribution in [0.2, 0.25) is 0 Å². The van der Waals surface area contributed by atoms with Crippen LogP contribution < -0.4 is 19.9 Å². The first-order valence-corrected chi connectivity index (χ1v) is 13.9. The number of thioether (sulfide) groups is 1. The Bertz CT molecular complexity index is 1590. The van der Waals surface area contributed by atoms with Gasteiger partial charge < -0.3 is 15.0 Å². The van der Waals surface area contributed by atoms with Crippen molar-refractivity contribution in [1.82, 2.24) is 0 Å². The van der Waals surface area contributed by atoms with Crippen LogP contribution in [0.15, 0.2) is 71.6 Å². The van der Waals surface area contributed by atoms with Crippen molar-refractivity contribution < 1.29 is 24.2 Å². The van der Waals surface area contributed by atoms with Gasteiger partial charge in [0.1, 0.15) is 5.75 Å². The highest BCUT2D eigenvalue weighted by Crippen LogP contribution is 2.38. The van der Waals surface area contributed by atoms with Crippen LogP contribution >= 0.6 is 24.0 Å². The van der Waals surface area contributed by atoms with Crippen LogP contribution in [-0.4, -0.2) is 45.7 Å². The number of hydrogen-bond donors (Lipinski definition) is 1. The van der Waals surface area contributed by atoms with Gasteiger partial charge in [-0.3, -0.25) is 34.7 Å². The van der Waals surface area contributed by atoms with Crippen LogP contribution in [0.1, 0.15) is 19.4 Å². The number of anilines is 3. The Balaban J connectivity index is 1.58. The second-order valence-electron chi connectivity index (χ2n) is 8.83. The van der Waals surface area contributed by atoms with E-state index in [1.54, 1.807) is 18.2 Å². The van der Waals surface area contributed by atoms with E-state index in [2.05, 4.69) is 10.2 Å². The standard InChI is InChI=1S/C28H25N5O7S2/c1-3-30(4-2)22-9-8-18(24(16-22)40-17-26(34)29-19-6-5-7-23(15-19)33(38)39)14-25-27(35)31(28(41)42-25)20-10-12-21(13-11-20)32(36)37/h5-16H,3-4,17H2,1-2H3,(H,29,34)/b25-14-. The number of carbonyl (C=O) groups is 2. The Labute approximate surface area is 250 Å². The highest BCUT2D eigenvalue weighted by atomic mass is 32.2. The molecule has 1 heterocycles. The molecular formula is C28H25N5O7S2. The zero-order valence-electron chi connectivity index (χ0n) is 22.5. The molecular weight excluding hydrogens is 582 g/mol. The van der Waals surface area contributed by atoms with Crippen molar-refractivity contribution in [3.05, 3.63) is 97.4 Å². The number of rotatable bonds is 11. The number of hydrogen-bond acceptors (Lipinski definition) is 10. The largest absolute Gasteiger partial charge is 0.483 e. The molecule has 0 atom stereocenters. The van der Waals surface area contributed by atoms with Gasteiger partial charge in [0.05, 0.1) is 20.4 Å². The minimum absolute atomic E-state index is 0.107. The third-order valence-corrected chi connectivity index (χ3v) is 7.53. The van der Waals surface area contributed by atoms with Crippen molar-refractivity contribution in [2.24, 2.45) is 0 Å². The number of carbonyl (C=O) groups excluding carboxylic acids is 2. The number of thiocarbonyl (C=S) groups is 1. The van der Waals surface area contributed by atoms with E-state index in [0.717, 1.165) is 30.5 Å². The minimum Gasteiger partial charge on any atom is -0.483 e. The summed E-state index contributed by atoms with van der Waals surface area (Å²) >= 11 is 6.50. The molecule has 1 N–H and O–H groups in total. The van der Waals surface area contributed by atoms with Crippen molar-refractivity contribution in [2.75, 3.05) is 34.8 Å². The summed E-state index contributed by atoms with van der Waals surface area (Å²) in [5, 5.41) is 24.6. The molecule has 0 bridgehead atoms. The Morgan fingerprint density at radius 2 is 1.71 bits per heavy atom. The molecule has 216 valence electrons. The molecule has 12 nitrogen and oxygen atoms in total. The molecule has 4 rings (SSSR count). The summed E-state index contributed by atoms with van der Waals surface area (Å²) in [4.78, 5) is 50.6. The van der Waals surface area contributed by atoms with E-state index in [4.69, 9.17) is 17.0 Å². The lowest BCUT2D eigenvalue weighted by Gasteiger charge is -2.22. The van der Waals surface area contributed by atoms with E-state index in [9.17, 15) is 29.8 Å². The van der Waals surface area contributed by atoms with Gasteiger partial charge in [0.15, 0.2) is 10.9 Å². The SMILES string of the molecule is CCN(CC)c1ccc(/C=C2\SC(=S)N(c3ccc([N+](=O)[O-])cc3)C2=O)c(OCC(=O)Nc2cccc([N+](=O)[O-])c2)c1. The summed E-state index contributed by atoms with van der Waals surface area (Å²) in [6.45, 7) is 5.09. The zero-order valence-corrected chi connectivity index (χ0v) is 24.1. The first kappa shape index (κ1) is 30.1. The van der Waals surface area contributed by atoms with Crippen LogP contribution in [-0.2, 0) is 9.59 Å². The summed E-state index contributed by atoms with van der Waals surface area (Å²) in [7, 11) is 0. The third kappa shape index (κ3) is 6.90. The number of benzene rings is 3. The maximum atomic E-state index is 13.3. The molecule has 0 unspecified atom stereocenters. The summed E-state index contributed by atoms with van der Waals surface area (Å²) in [5.74, 6) is -0.589. The molecule has 14 heteroatoms. The molecule has 1 aliphatic rings. The molecule has 0 aromatic heterocycles. The maximum absolute atomic E-state index is 13.3. The minimum atomic E-state index is -0.554. The van der Waals surface area contributed by atoms with Gasteiger partial charge in [-0.25, -0.2) is 0 Å². The van der Waals surface area contributed by atoms with Crippen molar-refractivity contribution in [1.29, 1.82) is 0 Å². The number of amides is 2. The number of nitrogens with one attached hydrogen (secondary N) is 1. The second-order valence-corrected chi connectivity index (χ2v) is 10.5. The Morgan fingerprint density at radius 1 is 1.02 bits per heavy atom. The lowest BCUT2D eigenvalue weighted by molar-refractivity contribution is -0.385. The van der Waals surface area contributed by atoms with Gasteiger partial charge in [0.2, 0.25) is 0 Å². The third-order valence-electron chi connectivity index (χ3n) is 6.22. The first-order valence-electron chi connectivity index (χ1n) is 12.7. The molecule has 1 fully saturated rings. The van der Waals surface area contributed by atoms with E-state index in [1.165, 1.54) is 53.4 Å². The molecule has 3 aromatic carbocycles. The number of nitro groups is 2. The fourth-order valence-corrected chi connectivity index (χ4v) is 5.44. The van der Waals surface area contributed by atoms with Crippen molar-refractivity contribution in [3.8, 4) is 5.75 Å². The number of ether oxygens (including phenoxy) is 1. The van der Waals surface area contributed by atoms with Gasteiger partial charge in [-0.15, -0.1) is 0 Å². The number of non-ortho nitro benzene ring substituents is 2. The Hall–Kier alpha value is -4.82. The molecule has 0 radical (unpaired) electrons. The van der Waals surface area contributed by atoms with Crippen LogP contribution in [0.5, 0.6) is 5.75 Å². The van der Waals surface area contributed by atoms with Crippen LogP contribution in [0.3, 0.4) is 0 Å². The number of nitro benzene ring substituents is 2. The summed E-state index contributed by atoms with van der Waals surface area (Å²) < 4.78 is 6.16. The van der Waals surface area contributed by atoms with Gasteiger partial charge in [-0.2, -0.15) is 0 Å². The number of nitrogens with zero attached hydrogens (tertiary/aromatic N) is 4. The molecule has 1 saturated heterocycles. The molecule has 42 heavy (non-hydrogen) atoms. The quantitative estimate of drug-likeness (QED) is 0.123. The average Bonchev–Trinajstić information content (AvgIpc) is 3.25. The fraction of sp³-hybridized carbons (Fsp3) is 0.179. The Kier molecular flexibility index (Phi) is 9.49. The highest BCUT2D eigenvalue weighted by molar-refractivity contribution is 8.27. The van der Waals surface area contributed by atoms with Crippen molar-refractivity contribution in [3.63, 3.8) is 0 Å². The van der Waals surface area contributed by atoms with Crippen LogP contribution in [0, 0.1) is 20.2 Å². The molecule has 2 amide bonds. The van der Waals surface area contributed by atoms with Crippen LogP contribution in [0.4, 0.5) is 28.4 Å².